The van der Waals surface area contributed by atoms with Crippen LogP contribution in [0, 0.1) is 5.92 Å². The van der Waals surface area contributed by atoms with Crippen LogP contribution in [0.4, 0.5) is 0 Å². The van der Waals surface area contributed by atoms with Crippen LogP contribution >= 0.6 is 0 Å². The van der Waals surface area contributed by atoms with Gasteiger partial charge in [0, 0.05) is 46.4 Å². The number of methoxy groups -OCH3 is 1. The molecule has 1 amide bonds. The zero-order chi connectivity index (χ0) is 15.1. The smallest absolute Gasteiger partial charge is 0.236 e. The van der Waals surface area contributed by atoms with E-state index in [1.165, 1.54) is 0 Å². The Labute approximate surface area is 123 Å². The fraction of sp³-hybridized carbons (Fsp3) is 0.933. The van der Waals surface area contributed by atoms with Crippen molar-refractivity contribution in [2.45, 2.75) is 38.8 Å². The van der Waals surface area contributed by atoms with E-state index < -0.39 is 0 Å². The monoisotopic (exact) mass is 285 g/mol. The Morgan fingerprint density at radius 1 is 1.35 bits per heavy atom. The molecule has 0 bridgehead atoms. The van der Waals surface area contributed by atoms with E-state index in [1.54, 1.807) is 12.0 Å². The van der Waals surface area contributed by atoms with Crippen LogP contribution in [0.25, 0.3) is 0 Å². The van der Waals surface area contributed by atoms with Gasteiger partial charge >= 0.3 is 0 Å². The van der Waals surface area contributed by atoms with Crippen LogP contribution in [-0.2, 0) is 9.53 Å². The van der Waals surface area contributed by atoms with E-state index in [2.05, 4.69) is 24.1 Å². The molecule has 1 N–H and O–H groups in total. The van der Waals surface area contributed by atoms with E-state index in [4.69, 9.17) is 4.74 Å². The summed E-state index contributed by atoms with van der Waals surface area (Å²) in [6.45, 7) is 7.75. The molecule has 5 nitrogen and oxygen atoms in total. The standard InChI is InChI=1S/C15H31N3O2/c1-12(2)14(11-20-5)16-13-6-8-18(9-7-13)10-15(19)17(3)4/h12-14,16H,6-11H2,1-5H3. The highest BCUT2D eigenvalue weighted by Gasteiger charge is 2.24. The molecule has 0 radical (unpaired) electrons. The number of hydrogen-bond acceptors (Lipinski definition) is 4. The Bertz CT molecular complexity index is 287. The summed E-state index contributed by atoms with van der Waals surface area (Å²) >= 11 is 0. The predicted octanol–water partition coefficient (Wildman–Crippen LogP) is 0.800. The van der Waals surface area contributed by atoms with Gasteiger partial charge in [0.05, 0.1) is 13.2 Å². The third kappa shape index (κ3) is 5.77. The molecule has 1 fully saturated rings. The van der Waals surface area contributed by atoms with Crippen LogP contribution in [-0.4, -0.2) is 75.2 Å². The van der Waals surface area contributed by atoms with Gasteiger partial charge in [-0.3, -0.25) is 9.69 Å². The minimum Gasteiger partial charge on any atom is -0.383 e. The van der Waals surface area contributed by atoms with E-state index in [1.807, 2.05) is 14.1 Å². The maximum Gasteiger partial charge on any atom is 0.236 e. The molecule has 1 atom stereocenters. The maximum absolute atomic E-state index is 11.7. The second-order valence-electron chi connectivity index (χ2n) is 6.31. The van der Waals surface area contributed by atoms with Crippen molar-refractivity contribution in [3.8, 4) is 0 Å². The van der Waals surface area contributed by atoms with Crippen molar-refractivity contribution in [2.75, 3.05) is 47.4 Å². The predicted molar refractivity (Wildman–Crippen MR) is 81.8 cm³/mol. The largest absolute Gasteiger partial charge is 0.383 e. The summed E-state index contributed by atoms with van der Waals surface area (Å²) in [5.74, 6) is 0.763. The Morgan fingerprint density at radius 3 is 2.40 bits per heavy atom. The summed E-state index contributed by atoms with van der Waals surface area (Å²) in [5, 5.41) is 3.71. The number of carbonyl (C=O) groups is 1. The number of carbonyl (C=O) groups excluding carboxylic acids is 1. The molecule has 0 spiro atoms. The van der Waals surface area contributed by atoms with Crippen LogP contribution in [0.5, 0.6) is 0 Å². The lowest BCUT2D eigenvalue weighted by molar-refractivity contribution is -0.130. The fourth-order valence-corrected chi connectivity index (χ4v) is 2.51. The molecule has 0 aromatic carbocycles. The number of likely N-dealkylation sites (N-methyl/N-ethyl adjacent to an activating group) is 1. The molecule has 1 rings (SSSR count). The van der Waals surface area contributed by atoms with Crippen molar-refractivity contribution in [3.63, 3.8) is 0 Å². The summed E-state index contributed by atoms with van der Waals surface area (Å²) < 4.78 is 5.28. The van der Waals surface area contributed by atoms with Crippen LogP contribution in [0.2, 0.25) is 0 Å². The second-order valence-corrected chi connectivity index (χ2v) is 6.31. The minimum absolute atomic E-state index is 0.191. The van der Waals surface area contributed by atoms with Crippen molar-refractivity contribution >= 4 is 5.91 Å². The third-order valence-electron chi connectivity index (χ3n) is 4.05. The summed E-state index contributed by atoms with van der Waals surface area (Å²) in [6.07, 6.45) is 2.21. The first-order chi connectivity index (χ1) is 9.43. The molecule has 118 valence electrons. The first kappa shape index (κ1) is 17.4. The van der Waals surface area contributed by atoms with Crippen LogP contribution in [0.15, 0.2) is 0 Å². The normalized spacial score (nSPS) is 19.3. The molecule has 1 aliphatic rings. The number of nitrogens with one attached hydrogen (secondary N) is 1. The number of likely N-dealkylation sites (tertiary alicyclic amines) is 1. The third-order valence-corrected chi connectivity index (χ3v) is 4.05. The molecule has 0 aliphatic carbocycles. The first-order valence-corrected chi connectivity index (χ1v) is 7.61. The first-order valence-electron chi connectivity index (χ1n) is 7.61. The van der Waals surface area contributed by atoms with Crippen LogP contribution < -0.4 is 5.32 Å². The van der Waals surface area contributed by atoms with Gasteiger partial charge in [-0.1, -0.05) is 13.8 Å². The van der Waals surface area contributed by atoms with Gasteiger partial charge in [-0.2, -0.15) is 0 Å². The van der Waals surface area contributed by atoms with E-state index in [9.17, 15) is 4.79 Å². The Kier molecular flexibility index (Phi) is 7.48. The fourth-order valence-electron chi connectivity index (χ4n) is 2.51. The zero-order valence-electron chi connectivity index (χ0n) is 13.7. The number of piperidine rings is 1. The number of rotatable bonds is 7. The van der Waals surface area contributed by atoms with Crippen molar-refractivity contribution in [1.82, 2.24) is 15.1 Å². The molecule has 1 unspecified atom stereocenters. The molecule has 1 saturated heterocycles. The van der Waals surface area contributed by atoms with Gasteiger partial charge in [-0.25, -0.2) is 0 Å². The summed E-state index contributed by atoms with van der Waals surface area (Å²) in [6, 6.07) is 0.961. The van der Waals surface area contributed by atoms with Gasteiger partial charge in [0.2, 0.25) is 5.91 Å². The highest BCUT2D eigenvalue weighted by atomic mass is 16.5. The van der Waals surface area contributed by atoms with Crippen molar-refractivity contribution in [3.05, 3.63) is 0 Å². The minimum atomic E-state index is 0.191. The molecular formula is C15H31N3O2. The lowest BCUT2D eigenvalue weighted by Crippen LogP contribution is -2.50. The van der Waals surface area contributed by atoms with Gasteiger partial charge in [-0.15, -0.1) is 0 Å². The lowest BCUT2D eigenvalue weighted by atomic mass is 9.99. The molecule has 1 heterocycles. The van der Waals surface area contributed by atoms with E-state index in [-0.39, 0.29) is 5.91 Å². The number of nitrogens with zero attached hydrogens (tertiary/aromatic N) is 2. The van der Waals surface area contributed by atoms with E-state index >= 15 is 0 Å². The second kappa shape index (κ2) is 8.60. The number of ether oxygens (including phenoxy) is 1. The molecule has 20 heavy (non-hydrogen) atoms. The molecular weight excluding hydrogens is 254 g/mol. The highest BCUT2D eigenvalue weighted by Crippen LogP contribution is 2.13. The number of hydrogen-bond donors (Lipinski definition) is 1. The Morgan fingerprint density at radius 2 is 1.95 bits per heavy atom. The van der Waals surface area contributed by atoms with Gasteiger partial charge in [0.25, 0.3) is 0 Å². The zero-order valence-corrected chi connectivity index (χ0v) is 13.7. The molecule has 0 aromatic rings. The van der Waals surface area contributed by atoms with Crippen LogP contribution in [0.3, 0.4) is 0 Å². The topological polar surface area (TPSA) is 44.8 Å². The SMILES string of the molecule is COCC(NC1CCN(CC(=O)N(C)C)CC1)C(C)C. The summed E-state index contributed by atoms with van der Waals surface area (Å²) in [5.41, 5.74) is 0. The average Bonchev–Trinajstić information content (AvgIpc) is 2.40. The molecule has 0 aromatic heterocycles. The van der Waals surface area contributed by atoms with Gasteiger partial charge in [-0.05, 0) is 18.8 Å². The lowest BCUT2D eigenvalue weighted by Gasteiger charge is -2.35. The quantitative estimate of drug-likeness (QED) is 0.751. The van der Waals surface area contributed by atoms with E-state index in [0.29, 0.717) is 24.5 Å². The number of amides is 1. The van der Waals surface area contributed by atoms with Crippen LogP contribution in [0.1, 0.15) is 26.7 Å². The van der Waals surface area contributed by atoms with Crippen molar-refractivity contribution in [1.29, 1.82) is 0 Å². The van der Waals surface area contributed by atoms with Gasteiger partial charge < -0.3 is 15.0 Å². The Hall–Kier alpha value is -0.650. The summed E-state index contributed by atoms with van der Waals surface area (Å²) in [4.78, 5) is 15.6. The highest BCUT2D eigenvalue weighted by molar-refractivity contribution is 5.77. The average molecular weight is 285 g/mol. The molecule has 5 heteroatoms. The van der Waals surface area contributed by atoms with Crippen molar-refractivity contribution < 1.29 is 9.53 Å². The maximum atomic E-state index is 11.7. The Balaban J connectivity index is 2.32. The molecule has 1 aliphatic heterocycles. The summed E-state index contributed by atoms with van der Waals surface area (Å²) in [7, 11) is 5.38. The van der Waals surface area contributed by atoms with Gasteiger partial charge in [0.15, 0.2) is 0 Å². The molecule has 0 saturated carbocycles. The van der Waals surface area contributed by atoms with E-state index in [0.717, 1.165) is 32.5 Å². The van der Waals surface area contributed by atoms with Crippen molar-refractivity contribution in [2.24, 2.45) is 5.92 Å². The van der Waals surface area contributed by atoms with Gasteiger partial charge in [0.1, 0.15) is 0 Å².